The lowest BCUT2D eigenvalue weighted by atomic mass is 9.85. The van der Waals surface area contributed by atoms with Gasteiger partial charge in [0.1, 0.15) is 12.1 Å². The van der Waals surface area contributed by atoms with Crippen LogP contribution in [-0.4, -0.2) is 112 Å². The lowest BCUT2D eigenvalue weighted by molar-refractivity contribution is -0.142. The highest BCUT2D eigenvalue weighted by Crippen LogP contribution is 2.26. The lowest BCUT2D eigenvalue weighted by Crippen LogP contribution is -2.61. The fourth-order valence-corrected chi connectivity index (χ4v) is 4.46. The third kappa shape index (κ3) is 12.2. The van der Waals surface area contributed by atoms with Crippen LogP contribution in [0.4, 0.5) is 4.79 Å². The molecule has 14 nitrogen and oxygen atoms in total. The molecule has 6 N–H and O–H groups in total. The summed E-state index contributed by atoms with van der Waals surface area (Å²) in [6.45, 7) is 15.8. The molecule has 240 valence electrons. The standard InChI is InChI=1S/C27H49N7O7S/c1-9-12-29-23(37)19(35)16-30-22(36)18-11-10-14-34(18)24(38)21(27(5,6)7)32-25(39)31-20(26(2,3)4)17-28-13-15-33(8)42(40)41/h9,18,20-21,28H,1,10-17H2,2-8H3,(H,29,37)(H,30,36)(H,40,41)(H2,31,32,39)/t18-,20+,21+/m0/s1. The zero-order valence-corrected chi connectivity index (χ0v) is 26.7. The summed E-state index contributed by atoms with van der Waals surface area (Å²) >= 11 is -2.07. The number of likely N-dealkylation sites (N-methyl/N-ethyl adjacent to an activating group) is 1. The minimum absolute atomic E-state index is 0.122. The number of carbonyl (C=O) groups is 5. The predicted molar refractivity (Wildman–Crippen MR) is 160 cm³/mol. The van der Waals surface area contributed by atoms with Crippen LogP contribution in [0.3, 0.4) is 0 Å². The van der Waals surface area contributed by atoms with Gasteiger partial charge in [0.15, 0.2) is 0 Å². The number of hydrogen-bond acceptors (Lipinski definition) is 7. The highest BCUT2D eigenvalue weighted by molar-refractivity contribution is 7.76. The second kappa shape index (κ2) is 16.7. The highest BCUT2D eigenvalue weighted by atomic mass is 32.2. The Morgan fingerprint density at radius 3 is 2.26 bits per heavy atom. The van der Waals surface area contributed by atoms with Gasteiger partial charge in [-0.3, -0.25) is 23.7 Å². The maximum Gasteiger partial charge on any atom is 0.315 e. The van der Waals surface area contributed by atoms with E-state index in [0.29, 0.717) is 39.0 Å². The van der Waals surface area contributed by atoms with E-state index >= 15 is 0 Å². The van der Waals surface area contributed by atoms with Crippen LogP contribution in [0.5, 0.6) is 0 Å². The molecule has 0 aliphatic carbocycles. The van der Waals surface area contributed by atoms with E-state index < -0.39 is 64.8 Å². The second-order valence-corrected chi connectivity index (χ2v) is 13.5. The number of hydrogen-bond donors (Lipinski definition) is 6. The number of carbonyl (C=O) groups excluding carboxylic acids is 5. The summed E-state index contributed by atoms with van der Waals surface area (Å²) in [5.74, 6) is -2.62. The van der Waals surface area contributed by atoms with Crippen molar-refractivity contribution in [1.29, 1.82) is 0 Å². The highest BCUT2D eigenvalue weighted by Gasteiger charge is 2.42. The van der Waals surface area contributed by atoms with Crippen molar-refractivity contribution >= 4 is 40.8 Å². The molecule has 1 aliphatic rings. The molecule has 0 radical (unpaired) electrons. The van der Waals surface area contributed by atoms with E-state index in [1.807, 2.05) is 41.5 Å². The van der Waals surface area contributed by atoms with Gasteiger partial charge in [0.05, 0.1) is 6.54 Å². The van der Waals surface area contributed by atoms with Crippen molar-refractivity contribution in [3.63, 3.8) is 0 Å². The number of amides is 5. The van der Waals surface area contributed by atoms with E-state index in [-0.39, 0.29) is 18.0 Å². The number of rotatable bonds is 15. The molecule has 0 saturated carbocycles. The second-order valence-electron chi connectivity index (χ2n) is 12.5. The quantitative estimate of drug-likeness (QED) is 0.0629. The molecule has 1 unspecified atom stereocenters. The fraction of sp³-hybridized carbons (Fsp3) is 0.741. The van der Waals surface area contributed by atoms with E-state index in [1.165, 1.54) is 22.3 Å². The first-order valence-electron chi connectivity index (χ1n) is 14.0. The summed E-state index contributed by atoms with van der Waals surface area (Å²) < 4.78 is 21.5. The number of likely N-dealkylation sites (tertiary alicyclic amines) is 1. The first-order valence-corrected chi connectivity index (χ1v) is 15.1. The van der Waals surface area contributed by atoms with Gasteiger partial charge in [-0.05, 0) is 23.7 Å². The van der Waals surface area contributed by atoms with Crippen LogP contribution in [0.25, 0.3) is 0 Å². The molecule has 1 saturated heterocycles. The van der Waals surface area contributed by atoms with Crippen LogP contribution >= 0.6 is 0 Å². The first kappa shape index (κ1) is 37.1. The average Bonchev–Trinajstić information content (AvgIpc) is 3.38. The van der Waals surface area contributed by atoms with Crippen LogP contribution in [-0.2, 0) is 30.4 Å². The van der Waals surface area contributed by atoms with Gasteiger partial charge in [-0.2, -0.15) is 0 Å². The summed E-state index contributed by atoms with van der Waals surface area (Å²) in [5, 5.41) is 13.7. The number of nitrogens with zero attached hydrogens (tertiary/aromatic N) is 2. The Hall–Kier alpha value is -2.88. The van der Waals surface area contributed by atoms with E-state index in [9.17, 15) is 28.2 Å². The lowest BCUT2D eigenvalue weighted by Gasteiger charge is -2.37. The molecule has 0 aromatic rings. The third-order valence-corrected chi connectivity index (χ3v) is 7.60. The first-order chi connectivity index (χ1) is 19.4. The number of ketones is 1. The molecule has 0 aromatic carbocycles. The van der Waals surface area contributed by atoms with Crippen LogP contribution in [0, 0.1) is 10.8 Å². The Morgan fingerprint density at radius 1 is 1.07 bits per heavy atom. The molecule has 4 atom stereocenters. The van der Waals surface area contributed by atoms with Crippen LogP contribution < -0.4 is 26.6 Å². The molecule has 1 rings (SSSR count). The molecule has 0 spiro atoms. The Bertz CT molecular complexity index is 1010. The van der Waals surface area contributed by atoms with Gasteiger partial charge in [0.2, 0.25) is 28.9 Å². The number of Topliss-reactive ketones (excluding diaryl/α,β-unsaturated/α-hetero) is 1. The normalized spacial score (nSPS) is 17.6. The maximum atomic E-state index is 13.7. The Labute approximate surface area is 251 Å². The third-order valence-electron chi connectivity index (χ3n) is 6.88. The van der Waals surface area contributed by atoms with Crippen molar-refractivity contribution in [3.05, 3.63) is 12.7 Å². The van der Waals surface area contributed by atoms with Gasteiger partial charge >= 0.3 is 6.03 Å². The predicted octanol–water partition coefficient (Wildman–Crippen LogP) is -0.248. The van der Waals surface area contributed by atoms with Crippen molar-refractivity contribution < 1.29 is 32.7 Å². The molecule has 42 heavy (non-hydrogen) atoms. The summed E-state index contributed by atoms with van der Waals surface area (Å²) in [6.07, 6.45) is 2.38. The zero-order chi connectivity index (χ0) is 32.3. The van der Waals surface area contributed by atoms with Crippen LogP contribution in [0.15, 0.2) is 12.7 Å². The average molecular weight is 616 g/mol. The molecule has 1 fully saturated rings. The van der Waals surface area contributed by atoms with Gasteiger partial charge < -0.3 is 31.5 Å². The zero-order valence-electron chi connectivity index (χ0n) is 25.9. The van der Waals surface area contributed by atoms with Crippen LogP contribution in [0.2, 0.25) is 0 Å². The van der Waals surface area contributed by atoms with Gasteiger partial charge in [0, 0.05) is 45.8 Å². The monoisotopic (exact) mass is 615 g/mol. The van der Waals surface area contributed by atoms with E-state index in [4.69, 9.17) is 4.55 Å². The van der Waals surface area contributed by atoms with Crippen LogP contribution in [0.1, 0.15) is 54.4 Å². The minimum atomic E-state index is -2.07. The van der Waals surface area contributed by atoms with Crippen molar-refractivity contribution in [2.24, 2.45) is 10.8 Å². The van der Waals surface area contributed by atoms with Gasteiger partial charge in [-0.15, -0.1) is 6.58 Å². The van der Waals surface area contributed by atoms with Gasteiger partial charge in [-0.25, -0.2) is 13.3 Å². The van der Waals surface area contributed by atoms with E-state index in [2.05, 4.69) is 33.2 Å². The largest absolute Gasteiger partial charge is 0.347 e. The number of nitrogens with one attached hydrogen (secondary N) is 5. The SMILES string of the molecule is C=CCNC(=O)C(=O)CNC(=O)[C@@H]1CCCN1C(=O)[C@@H](NC(=O)N[C@H](CNCCN(C)S(=O)O)C(C)(C)C)C(C)(C)C. The Balaban J connectivity index is 2.88. The van der Waals surface area contributed by atoms with Gasteiger partial charge in [0.25, 0.3) is 5.91 Å². The van der Waals surface area contributed by atoms with E-state index in [0.717, 1.165) is 0 Å². The van der Waals surface area contributed by atoms with Crippen molar-refractivity contribution in [2.75, 3.05) is 46.3 Å². The Kier molecular flexibility index (Phi) is 14.7. The molecule has 5 amide bonds. The van der Waals surface area contributed by atoms with Crippen molar-refractivity contribution in [2.45, 2.75) is 72.5 Å². The molecular weight excluding hydrogens is 566 g/mol. The molecular formula is C27H49N7O7S. The van der Waals surface area contributed by atoms with Crippen molar-refractivity contribution in [3.8, 4) is 0 Å². The molecule has 0 aromatic heterocycles. The topological polar surface area (TPSA) is 189 Å². The van der Waals surface area contributed by atoms with Crippen molar-refractivity contribution in [1.82, 2.24) is 35.8 Å². The molecule has 0 bridgehead atoms. The van der Waals surface area contributed by atoms with E-state index in [1.54, 1.807) is 0 Å². The Morgan fingerprint density at radius 2 is 1.71 bits per heavy atom. The minimum Gasteiger partial charge on any atom is -0.347 e. The summed E-state index contributed by atoms with van der Waals surface area (Å²) in [5.41, 5.74) is -1.05. The summed E-state index contributed by atoms with van der Waals surface area (Å²) in [4.78, 5) is 65.0. The summed E-state index contributed by atoms with van der Waals surface area (Å²) in [7, 11) is 1.52. The summed E-state index contributed by atoms with van der Waals surface area (Å²) in [6, 6.07) is -2.69. The van der Waals surface area contributed by atoms with Gasteiger partial charge in [-0.1, -0.05) is 47.6 Å². The molecule has 1 heterocycles. The molecule has 15 heteroatoms. The molecule has 1 aliphatic heterocycles. The number of urea groups is 1. The fourth-order valence-electron chi connectivity index (χ4n) is 4.21. The maximum absolute atomic E-state index is 13.7. The smallest absolute Gasteiger partial charge is 0.315 e.